The molecule has 0 saturated carbocycles. The van der Waals surface area contributed by atoms with Crippen LogP contribution in [-0.2, 0) is 16.9 Å². The van der Waals surface area contributed by atoms with Crippen LogP contribution in [-0.4, -0.2) is 16.8 Å². The monoisotopic (exact) mass is 402 g/mol. The largest absolute Gasteiger partial charge is 0.325 e. The molecule has 1 N–H and O–H groups in total. The number of carbonyl (C=O) groups is 2. The van der Waals surface area contributed by atoms with Gasteiger partial charge in [-0.2, -0.15) is 0 Å². The van der Waals surface area contributed by atoms with Gasteiger partial charge in [-0.25, -0.2) is 31.1 Å². The average Bonchev–Trinajstić information content (AvgIpc) is 2.93. The van der Waals surface area contributed by atoms with E-state index in [2.05, 4.69) is 5.32 Å². The number of halogens is 6. The van der Waals surface area contributed by atoms with Crippen molar-refractivity contribution in [1.29, 1.82) is 0 Å². The molecule has 1 atom stereocenters. The Labute approximate surface area is 154 Å². The molecular formula is C18H12F6N2O2. The zero-order valence-electron chi connectivity index (χ0n) is 14.3. The molecule has 0 spiro atoms. The highest BCUT2D eigenvalue weighted by atomic mass is 19.2. The maximum absolute atomic E-state index is 13.9. The first-order valence-corrected chi connectivity index (χ1v) is 8.04. The zero-order chi connectivity index (χ0) is 20.8. The summed E-state index contributed by atoms with van der Waals surface area (Å²) in [5.41, 5.74) is -2.77. The van der Waals surface area contributed by atoms with Gasteiger partial charge in [-0.05, 0) is 24.1 Å². The summed E-state index contributed by atoms with van der Waals surface area (Å²) in [6.07, 6.45) is -0.00316. The van der Waals surface area contributed by atoms with Crippen LogP contribution in [0, 0.1) is 34.9 Å². The molecule has 0 aromatic heterocycles. The normalized spacial score (nSPS) is 19.3. The van der Waals surface area contributed by atoms with Gasteiger partial charge < -0.3 is 5.32 Å². The van der Waals surface area contributed by atoms with E-state index in [4.69, 9.17) is 0 Å². The second kappa shape index (κ2) is 6.84. The molecule has 28 heavy (non-hydrogen) atoms. The predicted octanol–water partition coefficient (Wildman–Crippen LogP) is 3.88. The average molecular weight is 402 g/mol. The lowest BCUT2D eigenvalue weighted by molar-refractivity contribution is -0.132. The molecule has 1 saturated heterocycles. The first-order chi connectivity index (χ1) is 13.1. The van der Waals surface area contributed by atoms with Gasteiger partial charge in [-0.3, -0.25) is 9.69 Å². The van der Waals surface area contributed by atoms with Crippen LogP contribution >= 0.6 is 0 Å². The van der Waals surface area contributed by atoms with E-state index >= 15 is 0 Å². The molecule has 3 rings (SSSR count). The Morgan fingerprint density at radius 2 is 1.36 bits per heavy atom. The molecule has 0 aliphatic carbocycles. The number of rotatable bonds is 4. The van der Waals surface area contributed by atoms with Crippen molar-refractivity contribution < 1.29 is 35.9 Å². The zero-order valence-corrected chi connectivity index (χ0v) is 14.3. The minimum atomic E-state index is -2.34. The highest BCUT2D eigenvalue weighted by Gasteiger charge is 2.51. The Balaban J connectivity index is 2.03. The van der Waals surface area contributed by atoms with Crippen molar-refractivity contribution in [3.63, 3.8) is 0 Å². The molecule has 1 unspecified atom stereocenters. The Morgan fingerprint density at radius 3 is 1.86 bits per heavy atom. The maximum Gasteiger partial charge on any atom is 0.325 e. The number of hydrogen-bond acceptors (Lipinski definition) is 2. The lowest BCUT2D eigenvalue weighted by Gasteiger charge is -2.26. The summed E-state index contributed by atoms with van der Waals surface area (Å²) in [6, 6.07) is 3.52. The predicted molar refractivity (Wildman–Crippen MR) is 83.7 cm³/mol. The molecule has 0 radical (unpaired) electrons. The third-order valence-electron chi connectivity index (χ3n) is 4.66. The van der Waals surface area contributed by atoms with Crippen LogP contribution in [0.4, 0.5) is 31.1 Å². The van der Waals surface area contributed by atoms with E-state index < -0.39 is 64.5 Å². The van der Waals surface area contributed by atoms with E-state index in [-0.39, 0.29) is 12.0 Å². The SMILES string of the molecule is CCC1(c2ccc(F)cc2)NC(=O)N(Cc2c(F)c(F)c(F)c(F)c2F)C1=O. The Bertz CT molecular complexity index is 950. The van der Waals surface area contributed by atoms with E-state index in [1.165, 1.54) is 19.1 Å². The standard InChI is InChI=1S/C18H12F6N2O2/c1-2-18(8-3-5-9(19)6-4-8)16(27)26(17(28)25-18)7-10-11(20)13(22)15(24)14(23)12(10)21/h3-6H,2,7H2,1H3,(H,25,28). The molecule has 4 nitrogen and oxygen atoms in total. The quantitative estimate of drug-likeness (QED) is 0.365. The maximum atomic E-state index is 13.9. The molecule has 3 amide bonds. The number of benzene rings is 2. The van der Waals surface area contributed by atoms with Crippen LogP contribution in [0.15, 0.2) is 24.3 Å². The summed E-state index contributed by atoms with van der Waals surface area (Å²) in [4.78, 5) is 25.5. The molecular weight excluding hydrogens is 390 g/mol. The Hall–Kier alpha value is -3.04. The second-order valence-corrected chi connectivity index (χ2v) is 6.14. The van der Waals surface area contributed by atoms with Gasteiger partial charge in [0.05, 0.1) is 6.54 Å². The van der Waals surface area contributed by atoms with Gasteiger partial charge in [0.1, 0.15) is 11.4 Å². The smallest absolute Gasteiger partial charge is 0.319 e. The fourth-order valence-electron chi connectivity index (χ4n) is 3.09. The van der Waals surface area contributed by atoms with Gasteiger partial charge in [0.25, 0.3) is 5.91 Å². The summed E-state index contributed by atoms with van der Waals surface area (Å²) in [5, 5.41) is 2.36. The second-order valence-electron chi connectivity index (χ2n) is 6.14. The Morgan fingerprint density at radius 1 is 0.857 bits per heavy atom. The molecule has 1 aliphatic rings. The molecule has 1 heterocycles. The number of imide groups is 1. The van der Waals surface area contributed by atoms with Gasteiger partial charge >= 0.3 is 6.03 Å². The topological polar surface area (TPSA) is 49.4 Å². The van der Waals surface area contributed by atoms with Crippen LogP contribution < -0.4 is 5.32 Å². The minimum absolute atomic E-state index is 0.00316. The van der Waals surface area contributed by atoms with Crippen molar-refractivity contribution in [2.45, 2.75) is 25.4 Å². The fourth-order valence-corrected chi connectivity index (χ4v) is 3.09. The summed E-state index contributed by atoms with van der Waals surface area (Å²) < 4.78 is 81.0. The van der Waals surface area contributed by atoms with Crippen LogP contribution in [0.1, 0.15) is 24.5 Å². The highest BCUT2D eigenvalue weighted by Crippen LogP contribution is 2.34. The van der Waals surface area contributed by atoms with Crippen LogP contribution in [0.25, 0.3) is 0 Å². The van der Waals surface area contributed by atoms with Crippen molar-refractivity contribution in [3.05, 3.63) is 70.3 Å². The fraction of sp³-hybridized carbons (Fsp3) is 0.222. The van der Waals surface area contributed by atoms with Gasteiger partial charge in [0, 0.05) is 5.56 Å². The third-order valence-corrected chi connectivity index (χ3v) is 4.66. The number of carbonyl (C=O) groups excluding carboxylic acids is 2. The van der Waals surface area contributed by atoms with E-state index in [1.54, 1.807) is 0 Å². The van der Waals surface area contributed by atoms with E-state index in [9.17, 15) is 35.9 Å². The first kappa shape index (κ1) is 19.7. The molecule has 2 aromatic carbocycles. The van der Waals surface area contributed by atoms with Gasteiger partial charge in [0.2, 0.25) is 5.82 Å². The molecule has 148 valence electrons. The van der Waals surface area contributed by atoms with Crippen molar-refractivity contribution in [2.75, 3.05) is 0 Å². The van der Waals surface area contributed by atoms with E-state index in [1.807, 2.05) is 0 Å². The summed E-state index contributed by atoms with van der Waals surface area (Å²) in [7, 11) is 0. The molecule has 10 heteroatoms. The number of nitrogens with zero attached hydrogens (tertiary/aromatic N) is 1. The van der Waals surface area contributed by atoms with Gasteiger partial charge in [-0.15, -0.1) is 0 Å². The van der Waals surface area contributed by atoms with Crippen molar-refractivity contribution in [1.82, 2.24) is 10.2 Å². The minimum Gasteiger partial charge on any atom is -0.319 e. The van der Waals surface area contributed by atoms with Crippen molar-refractivity contribution >= 4 is 11.9 Å². The highest BCUT2D eigenvalue weighted by molar-refractivity contribution is 6.07. The molecule has 1 aliphatic heterocycles. The van der Waals surface area contributed by atoms with Crippen LogP contribution in [0.3, 0.4) is 0 Å². The number of amides is 3. The van der Waals surface area contributed by atoms with Gasteiger partial charge in [0.15, 0.2) is 23.3 Å². The third kappa shape index (κ3) is 2.79. The Kier molecular flexibility index (Phi) is 4.82. The lowest BCUT2D eigenvalue weighted by atomic mass is 9.87. The van der Waals surface area contributed by atoms with Crippen LogP contribution in [0.2, 0.25) is 0 Å². The van der Waals surface area contributed by atoms with E-state index in [0.29, 0.717) is 4.90 Å². The summed E-state index contributed by atoms with van der Waals surface area (Å²) in [5.74, 6) is -12.5. The van der Waals surface area contributed by atoms with Crippen molar-refractivity contribution in [3.8, 4) is 0 Å². The number of hydrogen-bond donors (Lipinski definition) is 1. The molecule has 2 aromatic rings. The molecule has 0 bridgehead atoms. The van der Waals surface area contributed by atoms with Gasteiger partial charge in [-0.1, -0.05) is 19.1 Å². The number of nitrogens with one attached hydrogen (secondary N) is 1. The first-order valence-electron chi connectivity index (χ1n) is 8.04. The lowest BCUT2D eigenvalue weighted by Crippen LogP contribution is -2.43. The molecule has 1 fully saturated rings. The van der Waals surface area contributed by atoms with Crippen LogP contribution in [0.5, 0.6) is 0 Å². The number of urea groups is 1. The van der Waals surface area contributed by atoms with E-state index in [0.717, 1.165) is 12.1 Å². The summed E-state index contributed by atoms with van der Waals surface area (Å²) >= 11 is 0. The summed E-state index contributed by atoms with van der Waals surface area (Å²) in [6.45, 7) is 0.364. The van der Waals surface area contributed by atoms with Crippen molar-refractivity contribution in [2.24, 2.45) is 0 Å².